The molecule has 1 saturated heterocycles. The zero-order valence-corrected chi connectivity index (χ0v) is 9.08. The Kier molecular flexibility index (Phi) is 3.42. The summed E-state index contributed by atoms with van der Waals surface area (Å²) in [5, 5.41) is 13.2. The van der Waals surface area contributed by atoms with Gasteiger partial charge >= 0.3 is 0 Å². The molecule has 0 spiro atoms. The zero-order chi connectivity index (χ0) is 9.97. The molecule has 1 saturated carbocycles. The number of aliphatic hydroxyl groups is 1. The second kappa shape index (κ2) is 4.60. The Labute approximate surface area is 86.5 Å². The van der Waals surface area contributed by atoms with Crippen LogP contribution < -0.4 is 5.32 Å². The van der Waals surface area contributed by atoms with Crippen molar-refractivity contribution in [3.63, 3.8) is 0 Å². The van der Waals surface area contributed by atoms with Crippen molar-refractivity contribution in [2.24, 2.45) is 0 Å². The Hall–Kier alpha value is -0.120. The minimum atomic E-state index is -0.0675. The second-order valence-electron chi connectivity index (χ2n) is 4.62. The molecular formula is C11H22N2O. The lowest BCUT2D eigenvalue weighted by atomic mass is 10.0. The van der Waals surface area contributed by atoms with Gasteiger partial charge in [0.15, 0.2) is 0 Å². The van der Waals surface area contributed by atoms with E-state index in [0.29, 0.717) is 12.1 Å². The van der Waals surface area contributed by atoms with Crippen LogP contribution in [-0.2, 0) is 0 Å². The largest absolute Gasteiger partial charge is 0.391 e. The fourth-order valence-corrected chi connectivity index (χ4v) is 2.69. The quantitative estimate of drug-likeness (QED) is 0.694. The first kappa shape index (κ1) is 10.4. The van der Waals surface area contributed by atoms with Crippen LogP contribution in [0.15, 0.2) is 0 Å². The highest BCUT2D eigenvalue weighted by atomic mass is 16.3. The normalized spacial score (nSPS) is 33.6. The Balaban J connectivity index is 1.93. The predicted molar refractivity (Wildman–Crippen MR) is 57.3 cm³/mol. The van der Waals surface area contributed by atoms with Gasteiger partial charge in [-0.2, -0.15) is 0 Å². The summed E-state index contributed by atoms with van der Waals surface area (Å²) in [5.41, 5.74) is 0. The van der Waals surface area contributed by atoms with E-state index in [2.05, 4.69) is 17.1 Å². The maximum atomic E-state index is 9.89. The molecule has 0 amide bonds. The molecule has 1 aliphatic carbocycles. The van der Waals surface area contributed by atoms with E-state index in [4.69, 9.17) is 0 Å². The van der Waals surface area contributed by atoms with E-state index < -0.39 is 0 Å². The third-order valence-electron chi connectivity index (χ3n) is 3.58. The number of nitrogens with zero attached hydrogens (tertiary/aromatic N) is 1. The van der Waals surface area contributed by atoms with Crippen molar-refractivity contribution in [2.75, 3.05) is 19.6 Å². The third kappa shape index (κ3) is 1.95. The van der Waals surface area contributed by atoms with Gasteiger partial charge in [0.1, 0.15) is 0 Å². The standard InChI is InChI=1S/C11H22N2O/c1-2-6-13(9-7-12-8-9)10-4-3-5-11(10)14/h9-12,14H,2-8H2,1H3. The van der Waals surface area contributed by atoms with Gasteiger partial charge in [0.2, 0.25) is 0 Å². The van der Waals surface area contributed by atoms with Crippen LogP contribution in [0, 0.1) is 0 Å². The number of hydrogen-bond acceptors (Lipinski definition) is 3. The summed E-state index contributed by atoms with van der Waals surface area (Å²) in [6.45, 7) is 5.60. The van der Waals surface area contributed by atoms with Crippen LogP contribution >= 0.6 is 0 Å². The number of aliphatic hydroxyl groups excluding tert-OH is 1. The molecule has 1 aliphatic heterocycles. The Morgan fingerprint density at radius 2 is 2.14 bits per heavy atom. The summed E-state index contributed by atoms with van der Waals surface area (Å²) in [5.74, 6) is 0. The van der Waals surface area contributed by atoms with Crippen molar-refractivity contribution in [3.8, 4) is 0 Å². The lowest BCUT2D eigenvalue weighted by molar-refractivity contribution is 0.0263. The van der Waals surface area contributed by atoms with E-state index in [1.807, 2.05) is 0 Å². The highest BCUT2D eigenvalue weighted by Gasteiger charge is 2.35. The average molecular weight is 198 g/mol. The second-order valence-corrected chi connectivity index (χ2v) is 4.62. The summed E-state index contributed by atoms with van der Waals surface area (Å²) < 4.78 is 0. The minimum absolute atomic E-state index is 0.0675. The summed E-state index contributed by atoms with van der Waals surface area (Å²) in [6.07, 6.45) is 4.52. The average Bonchev–Trinajstić information content (AvgIpc) is 2.47. The molecule has 0 aromatic heterocycles. The molecule has 2 unspecified atom stereocenters. The predicted octanol–water partition coefficient (Wildman–Crippen LogP) is 0.584. The van der Waals surface area contributed by atoms with Gasteiger partial charge in [0, 0.05) is 25.2 Å². The topological polar surface area (TPSA) is 35.5 Å². The highest BCUT2D eigenvalue weighted by molar-refractivity contribution is 4.93. The number of hydrogen-bond donors (Lipinski definition) is 2. The van der Waals surface area contributed by atoms with Gasteiger partial charge in [0.05, 0.1) is 6.10 Å². The first-order valence-electron chi connectivity index (χ1n) is 5.97. The Morgan fingerprint density at radius 1 is 1.36 bits per heavy atom. The summed E-state index contributed by atoms with van der Waals surface area (Å²) in [4.78, 5) is 2.54. The SMILES string of the molecule is CCCN(C1CNC1)C1CCCC1O. The van der Waals surface area contributed by atoms with E-state index in [0.717, 1.165) is 26.1 Å². The zero-order valence-electron chi connectivity index (χ0n) is 9.08. The van der Waals surface area contributed by atoms with Crippen LogP contribution in [0.25, 0.3) is 0 Å². The van der Waals surface area contributed by atoms with Gasteiger partial charge in [0.25, 0.3) is 0 Å². The van der Waals surface area contributed by atoms with Crippen LogP contribution in [0.5, 0.6) is 0 Å². The smallest absolute Gasteiger partial charge is 0.0695 e. The van der Waals surface area contributed by atoms with Crippen molar-refractivity contribution >= 4 is 0 Å². The van der Waals surface area contributed by atoms with E-state index in [1.165, 1.54) is 19.3 Å². The van der Waals surface area contributed by atoms with Crippen molar-refractivity contribution < 1.29 is 5.11 Å². The lowest BCUT2D eigenvalue weighted by Gasteiger charge is -2.42. The van der Waals surface area contributed by atoms with E-state index in [9.17, 15) is 5.11 Å². The molecular weight excluding hydrogens is 176 g/mol. The Bertz CT molecular complexity index is 182. The first-order valence-corrected chi connectivity index (χ1v) is 5.97. The fourth-order valence-electron chi connectivity index (χ4n) is 2.69. The van der Waals surface area contributed by atoms with E-state index >= 15 is 0 Å². The maximum Gasteiger partial charge on any atom is 0.0695 e. The van der Waals surface area contributed by atoms with Crippen LogP contribution in [0.3, 0.4) is 0 Å². The minimum Gasteiger partial charge on any atom is -0.391 e. The molecule has 1 heterocycles. The van der Waals surface area contributed by atoms with Crippen molar-refractivity contribution in [1.82, 2.24) is 10.2 Å². The molecule has 2 N–H and O–H groups in total. The molecule has 2 fully saturated rings. The molecule has 3 heteroatoms. The molecule has 0 bridgehead atoms. The van der Waals surface area contributed by atoms with Gasteiger partial charge in [-0.25, -0.2) is 0 Å². The number of rotatable bonds is 4. The van der Waals surface area contributed by atoms with Gasteiger partial charge in [-0.05, 0) is 32.2 Å². The third-order valence-corrected chi connectivity index (χ3v) is 3.58. The summed E-state index contributed by atoms with van der Waals surface area (Å²) in [7, 11) is 0. The number of nitrogens with one attached hydrogen (secondary N) is 1. The molecule has 14 heavy (non-hydrogen) atoms. The van der Waals surface area contributed by atoms with Crippen LogP contribution in [-0.4, -0.2) is 47.8 Å². The molecule has 0 radical (unpaired) electrons. The molecule has 0 aromatic rings. The molecule has 2 atom stereocenters. The van der Waals surface area contributed by atoms with Crippen LogP contribution in [0.2, 0.25) is 0 Å². The molecule has 2 rings (SSSR count). The maximum absolute atomic E-state index is 9.89. The lowest BCUT2D eigenvalue weighted by Crippen LogP contribution is -2.61. The van der Waals surface area contributed by atoms with Crippen LogP contribution in [0.1, 0.15) is 32.6 Å². The highest BCUT2D eigenvalue weighted by Crippen LogP contribution is 2.26. The van der Waals surface area contributed by atoms with Crippen molar-refractivity contribution in [1.29, 1.82) is 0 Å². The van der Waals surface area contributed by atoms with E-state index in [-0.39, 0.29) is 6.10 Å². The molecule has 82 valence electrons. The summed E-state index contributed by atoms with van der Waals surface area (Å²) in [6, 6.07) is 1.13. The molecule has 0 aromatic carbocycles. The first-order chi connectivity index (χ1) is 6.83. The monoisotopic (exact) mass is 198 g/mol. The van der Waals surface area contributed by atoms with Crippen LogP contribution in [0.4, 0.5) is 0 Å². The molecule has 2 aliphatic rings. The van der Waals surface area contributed by atoms with Crippen molar-refractivity contribution in [2.45, 2.75) is 50.8 Å². The Morgan fingerprint density at radius 3 is 2.57 bits per heavy atom. The van der Waals surface area contributed by atoms with Gasteiger partial charge in [-0.15, -0.1) is 0 Å². The summed E-state index contributed by atoms with van der Waals surface area (Å²) >= 11 is 0. The van der Waals surface area contributed by atoms with Gasteiger partial charge in [-0.1, -0.05) is 6.92 Å². The molecule has 3 nitrogen and oxygen atoms in total. The van der Waals surface area contributed by atoms with Gasteiger partial charge < -0.3 is 10.4 Å². The fraction of sp³-hybridized carbons (Fsp3) is 1.00. The van der Waals surface area contributed by atoms with Gasteiger partial charge in [-0.3, -0.25) is 4.90 Å². The van der Waals surface area contributed by atoms with Crippen molar-refractivity contribution in [3.05, 3.63) is 0 Å². The van der Waals surface area contributed by atoms with E-state index in [1.54, 1.807) is 0 Å².